The van der Waals surface area contributed by atoms with Gasteiger partial charge in [-0.1, -0.05) is 15.9 Å². The van der Waals surface area contributed by atoms with Gasteiger partial charge < -0.3 is 10.5 Å². The molecule has 1 aromatic carbocycles. The molecule has 2 nitrogen and oxygen atoms in total. The van der Waals surface area contributed by atoms with Crippen LogP contribution >= 0.6 is 15.9 Å². The summed E-state index contributed by atoms with van der Waals surface area (Å²) in [6.07, 6.45) is 2.19. The van der Waals surface area contributed by atoms with Crippen LogP contribution in [0.1, 0.15) is 18.1 Å². The first kappa shape index (κ1) is 9.99. The van der Waals surface area contributed by atoms with E-state index in [1.54, 1.807) is 0 Å². The lowest BCUT2D eigenvalue weighted by atomic mass is 10.0. The third-order valence-electron chi connectivity index (χ3n) is 2.45. The van der Waals surface area contributed by atoms with Gasteiger partial charge in [-0.25, -0.2) is 0 Å². The van der Waals surface area contributed by atoms with Crippen molar-refractivity contribution in [3.63, 3.8) is 0 Å². The number of rotatable bonds is 2. The molecule has 0 fully saturated rings. The average Bonchev–Trinajstić information content (AvgIpc) is 2.45. The molecule has 1 unspecified atom stereocenters. The average molecular weight is 256 g/mol. The summed E-state index contributed by atoms with van der Waals surface area (Å²) in [5.41, 5.74) is 8.09. The zero-order chi connectivity index (χ0) is 10.1. The number of benzene rings is 1. The molecule has 1 atom stereocenters. The summed E-state index contributed by atoms with van der Waals surface area (Å²) in [7, 11) is 0. The number of nitrogens with two attached hydrogens (primary N) is 1. The summed E-state index contributed by atoms with van der Waals surface area (Å²) < 4.78 is 6.89. The fraction of sp³-hybridized carbons (Fsp3) is 0.455. The largest absolute Gasteiger partial charge is 0.490 e. The van der Waals surface area contributed by atoms with Crippen LogP contribution in [0, 0.1) is 0 Å². The minimum Gasteiger partial charge on any atom is -0.490 e. The monoisotopic (exact) mass is 255 g/mol. The van der Waals surface area contributed by atoms with Gasteiger partial charge in [0.1, 0.15) is 11.9 Å². The summed E-state index contributed by atoms with van der Waals surface area (Å²) in [4.78, 5) is 0. The summed E-state index contributed by atoms with van der Waals surface area (Å²) in [6, 6.07) is 4.24. The Labute approximate surface area is 92.6 Å². The molecule has 0 spiro atoms. The molecule has 2 rings (SSSR count). The molecule has 0 bridgehead atoms. The molecule has 1 aromatic rings. The third-order valence-corrected chi connectivity index (χ3v) is 2.91. The van der Waals surface area contributed by atoms with Gasteiger partial charge in [-0.05, 0) is 43.1 Å². The summed E-state index contributed by atoms with van der Waals surface area (Å²) in [6.45, 7) is 2.76. The lowest BCUT2D eigenvalue weighted by Crippen LogP contribution is -2.07. The Morgan fingerprint density at radius 3 is 3.07 bits per heavy atom. The van der Waals surface area contributed by atoms with E-state index < -0.39 is 0 Å². The van der Waals surface area contributed by atoms with Crippen LogP contribution in [-0.4, -0.2) is 12.6 Å². The second-order valence-electron chi connectivity index (χ2n) is 3.72. The summed E-state index contributed by atoms with van der Waals surface area (Å²) >= 11 is 3.51. The standard InChI is InChI=1S/C11H14BrNO/c1-7-4-9-6-10(12)5-8(2-3-13)11(9)14-7/h5-7H,2-4,13H2,1H3. The van der Waals surface area contributed by atoms with E-state index in [2.05, 4.69) is 35.0 Å². The summed E-state index contributed by atoms with van der Waals surface area (Å²) in [5, 5.41) is 0. The molecule has 14 heavy (non-hydrogen) atoms. The number of hydrogen-bond donors (Lipinski definition) is 1. The van der Waals surface area contributed by atoms with Crippen LogP contribution in [0.3, 0.4) is 0 Å². The highest BCUT2D eigenvalue weighted by Gasteiger charge is 2.22. The van der Waals surface area contributed by atoms with Crippen LogP contribution in [-0.2, 0) is 12.8 Å². The van der Waals surface area contributed by atoms with Crippen molar-refractivity contribution in [3.8, 4) is 5.75 Å². The van der Waals surface area contributed by atoms with Gasteiger partial charge in [0.05, 0.1) is 0 Å². The van der Waals surface area contributed by atoms with E-state index >= 15 is 0 Å². The van der Waals surface area contributed by atoms with E-state index in [0.29, 0.717) is 12.6 Å². The quantitative estimate of drug-likeness (QED) is 0.881. The first-order valence-corrected chi connectivity index (χ1v) is 5.68. The maximum Gasteiger partial charge on any atom is 0.126 e. The third kappa shape index (κ3) is 1.79. The molecule has 0 aliphatic carbocycles. The van der Waals surface area contributed by atoms with Gasteiger partial charge in [0, 0.05) is 10.9 Å². The smallest absolute Gasteiger partial charge is 0.126 e. The van der Waals surface area contributed by atoms with Gasteiger partial charge >= 0.3 is 0 Å². The zero-order valence-corrected chi connectivity index (χ0v) is 9.80. The molecule has 0 aromatic heterocycles. The van der Waals surface area contributed by atoms with Gasteiger partial charge in [-0.3, -0.25) is 0 Å². The molecule has 3 heteroatoms. The Kier molecular flexibility index (Phi) is 2.79. The van der Waals surface area contributed by atoms with Crippen molar-refractivity contribution in [1.29, 1.82) is 0 Å². The predicted molar refractivity (Wildman–Crippen MR) is 60.7 cm³/mol. The Bertz CT molecular complexity index is 351. The Morgan fingerprint density at radius 2 is 2.36 bits per heavy atom. The van der Waals surface area contributed by atoms with Crippen LogP contribution in [0.4, 0.5) is 0 Å². The molecule has 2 N–H and O–H groups in total. The van der Waals surface area contributed by atoms with E-state index in [9.17, 15) is 0 Å². The molecular weight excluding hydrogens is 242 g/mol. The molecule has 0 radical (unpaired) electrons. The van der Waals surface area contributed by atoms with Crippen molar-refractivity contribution >= 4 is 15.9 Å². The Hall–Kier alpha value is -0.540. The predicted octanol–water partition coefficient (Wildman–Crippen LogP) is 2.27. The van der Waals surface area contributed by atoms with Crippen LogP contribution in [0.5, 0.6) is 5.75 Å². The van der Waals surface area contributed by atoms with E-state index in [4.69, 9.17) is 10.5 Å². The van der Waals surface area contributed by atoms with Crippen molar-refractivity contribution in [2.45, 2.75) is 25.9 Å². The zero-order valence-electron chi connectivity index (χ0n) is 8.22. The second kappa shape index (κ2) is 3.91. The van der Waals surface area contributed by atoms with Gasteiger partial charge in [0.25, 0.3) is 0 Å². The number of fused-ring (bicyclic) bond motifs is 1. The maximum atomic E-state index is 5.77. The van der Waals surface area contributed by atoms with Gasteiger partial charge in [0.15, 0.2) is 0 Å². The minimum absolute atomic E-state index is 0.302. The maximum absolute atomic E-state index is 5.77. The number of ether oxygens (including phenoxy) is 1. The number of halogens is 1. The van der Waals surface area contributed by atoms with E-state index in [-0.39, 0.29) is 0 Å². The molecule has 0 amide bonds. The first-order chi connectivity index (χ1) is 6.70. The molecule has 1 heterocycles. The molecular formula is C11H14BrNO. The fourth-order valence-corrected chi connectivity index (χ4v) is 2.46. The molecule has 0 saturated carbocycles. The van der Waals surface area contributed by atoms with Crippen molar-refractivity contribution in [1.82, 2.24) is 0 Å². The normalized spacial score (nSPS) is 19.2. The van der Waals surface area contributed by atoms with Gasteiger partial charge in [0.2, 0.25) is 0 Å². The molecule has 1 aliphatic heterocycles. The van der Waals surface area contributed by atoms with E-state index in [1.807, 2.05) is 0 Å². The van der Waals surface area contributed by atoms with Crippen LogP contribution in [0.2, 0.25) is 0 Å². The molecule has 76 valence electrons. The first-order valence-electron chi connectivity index (χ1n) is 4.88. The topological polar surface area (TPSA) is 35.2 Å². The SMILES string of the molecule is CC1Cc2cc(Br)cc(CCN)c2O1. The van der Waals surface area contributed by atoms with Crippen LogP contribution < -0.4 is 10.5 Å². The Balaban J connectivity index is 2.41. The molecule has 1 aliphatic rings. The minimum atomic E-state index is 0.302. The fourth-order valence-electron chi connectivity index (χ4n) is 1.91. The highest BCUT2D eigenvalue weighted by atomic mass is 79.9. The van der Waals surface area contributed by atoms with E-state index in [0.717, 1.165) is 23.1 Å². The van der Waals surface area contributed by atoms with Crippen LogP contribution in [0.15, 0.2) is 16.6 Å². The van der Waals surface area contributed by atoms with Gasteiger partial charge in [-0.2, -0.15) is 0 Å². The highest BCUT2D eigenvalue weighted by Crippen LogP contribution is 2.35. The summed E-state index contributed by atoms with van der Waals surface area (Å²) in [5.74, 6) is 1.06. The van der Waals surface area contributed by atoms with Crippen molar-refractivity contribution in [2.75, 3.05) is 6.54 Å². The van der Waals surface area contributed by atoms with Crippen molar-refractivity contribution in [2.24, 2.45) is 5.73 Å². The number of hydrogen-bond acceptors (Lipinski definition) is 2. The highest BCUT2D eigenvalue weighted by molar-refractivity contribution is 9.10. The second-order valence-corrected chi connectivity index (χ2v) is 4.64. The molecule has 0 saturated heterocycles. The van der Waals surface area contributed by atoms with E-state index in [1.165, 1.54) is 11.1 Å². The lowest BCUT2D eigenvalue weighted by Gasteiger charge is -2.08. The Morgan fingerprint density at radius 1 is 1.57 bits per heavy atom. The van der Waals surface area contributed by atoms with Gasteiger partial charge in [-0.15, -0.1) is 0 Å². The van der Waals surface area contributed by atoms with Crippen molar-refractivity contribution < 1.29 is 4.74 Å². The van der Waals surface area contributed by atoms with Crippen molar-refractivity contribution in [3.05, 3.63) is 27.7 Å². The lowest BCUT2D eigenvalue weighted by molar-refractivity contribution is 0.252. The van der Waals surface area contributed by atoms with Crippen LogP contribution in [0.25, 0.3) is 0 Å².